The highest BCUT2D eigenvalue weighted by atomic mass is 16.7. The first-order valence-electron chi connectivity index (χ1n) is 8.65. The van der Waals surface area contributed by atoms with Crippen LogP contribution in [0.25, 0.3) is 0 Å². The van der Waals surface area contributed by atoms with Gasteiger partial charge >= 0.3 is 6.09 Å². The van der Waals surface area contributed by atoms with E-state index >= 15 is 0 Å². The van der Waals surface area contributed by atoms with Crippen molar-refractivity contribution in [3.8, 4) is 5.75 Å². The minimum Gasteiger partial charge on any atom is -0.508 e. The van der Waals surface area contributed by atoms with Gasteiger partial charge in [-0.05, 0) is 29.7 Å². The Balaban J connectivity index is 2.06. The first-order valence-corrected chi connectivity index (χ1v) is 8.65. The van der Waals surface area contributed by atoms with Gasteiger partial charge in [-0.25, -0.2) is 9.86 Å². The lowest BCUT2D eigenvalue weighted by Crippen LogP contribution is -2.51. The molecule has 0 aliphatic heterocycles. The van der Waals surface area contributed by atoms with Crippen molar-refractivity contribution in [1.29, 1.82) is 0 Å². The third-order valence-electron chi connectivity index (χ3n) is 4.13. The molecule has 2 rings (SSSR count). The maximum Gasteiger partial charge on any atom is 0.407 e. The number of hydrogen-bond acceptors (Lipinski definition) is 6. The van der Waals surface area contributed by atoms with E-state index in [9.17, 15) is 19.8 Å². The van der Waals surface area contributed by atoms with Crippen molar-refractivity contribution in [2.24, 2.45) is 0 Å². The van der Waals surface area contributed by atoms with Gasteiger partial charge in [0.05, 0.1) is 13.2 Å². The summed E-state index contributed by atoms with van der Waals surface area (Å²) in [7, 11) is 2.65. The lowest BCUT2D eigenvalue weighted by Gasteiger charge is -2.26. The number of phenolic OH excluding ortho intramolecular Hbond substituents is 1. The molecule has 0 radical (unpaired) electrons. The largest absolute Gasteiger partial charge is 0.508 e. The number of benzene rings is 2. The number of hydrogen-bond donors (Lipinski definition) is 3. The predicted molar refractivity (Wildman–Crippen MR) is 101 cm³/mol. The molecule has 0 spiro atoms. The molecule has 0 saturated heterocycles. The van der Waals surface area contributed by atoms with Crippen LogP contribution >= 0.6 is 0 Å². The lowest BCUT2D eigenvalue weighted by molar-refractivity contribution is -0.179. The molecular weight excluding hydrogens is 364 g/mol. The summed E-state index contributed by atoms with van der Waals surface area (Å²) in [6, 6.07) is 14.4. The van der Waals surface area contributed by atoms with Crippen molar-refractivity contribution in [3.63, 3.8) is 0 Å². The summed E-state index contributed by atoms with van der Waals surface area (Å²) < 4.78 is 5.17. The van der Waals surface area contributed by atoms with Crippen molar-refractivity contribution < 1.29 is 29.4 Å². The summed E-state index contributed by atoms with van der Waals surface area (Å²) in [6.07, 6.45) is -2.17. The number of alkyl carbamates (subject to hydrolysis) is 1. The number of carbonyl (C=O) groups is 2. The fourth-order valence-corrected chi connectivity index (χ4v) is 2.49. The zero-order valence-electron chi connectivity index (χ0n) is 15.7. The van der Waals surface area contributed by atoms with Crippen LogP contribution in [0.15, 0.2) is 54.6 Å². The van der Waals surface area contributed by atoms with E-state index in [0.717, 1.165) is 10.6 Å². The van der Waals surface area contributed by atoms with Gasteiger partial charge in [0.25, 0.3) is 5.91 Å². The van der Waals surface area contributed by atoms with E-state index in [2.05, 4.69) is 5.32 Å². The van der Waals surface area contributed by atoms with Gasteiger partial charge < -0.3 is 20.3 Å². The molecule has 3 N–H and O–H groups in total. The summed E-state index contributed by atoms with van der Waals surface area (Å²) in [6.45, 7) is 0.0562. The van der Waals surface area contributed by atoms with Crippen molar-refractivity contribution in [1.82, 2.24) is 10.4 Å². The van der Waals surface area contributed by atoms with Crippen LogP contribution in [-0.4, -0.2) is 53.6 Å². The molecule has 0 aromatic heterocycles. The summed E-state index contributed by atoms with van der Waals surface area (Å²) in [5.41, 5.74) is 1.52. The number of amides is 2. The molecule has 8 nitrogen and oxygen atoms in total. The van der Waals surface area contributed by atoms with E-state index in [1.807, 2.05) is 30.3 Å². The highest BCUT2D eigenvalue weighted by Gasteiger charge is 2.31. The van der Waals surface area contributed by atoms with Crippen molar-refractivity contribution in [3.05, 3.63) is 65.7 Å². The second kappa shape index (κ2) is 10.3. The molecular formula is C20H24N2O6. The molecule has 0 heterocycles. The van der Waals surface area contributed by atoms with Crippen LogP contribution in [0.3, 0.4) is 0 Å². The van der Waals surface area contributed by atoms with E-state index in [1.54, 1.807) is 12.1 Å². The van der Waals surface area contributed by atoms with Crippen LogP contribution in [0.2, 0.25) is 0 Å². The molecule has 0 aliphatic carbocycles. The van der Waals surface area contributed by atoms with E-state index < -0.39 is 24.1 Å². The number of ether oxygens (including phenoxy) is 1. The van der Waals surface area contributed by atoms with Crippen molar-refractivity contribution in [2.45, 2.75) is 25.2 Å². The van der Waals surface area contributed by atoms with Crippen molar-refractivity contribution in [2.75, 3.05) is 14.2 Å². The number of aliphatic hydroxyl groups excluding tert-OH is 1. The third kappa shape index (κ3) is 6.26. The Morgan fingerprint density at radius 1 is 1.07 bits per heavy atom. The number of likely N-dealkylation sites (N-methyl/N-ethyl adjacent to an activating group) is 1. The van der Waals surface area contributed by atoms with Gasteiger partial charge in [0.2, 0.25) is 0 Å². The Morgan fingerprint density at radius 3 is 2.32 bits per heavy atom. The molecule has 2 amide bonds. The van der Waals surface area contributed by atoms with Crippen LogP contribution in [0.5, 0.6) is 5.75 Å². The second-order valence-corrected chi connectivity index (χ2v) is 6.15. The summed E-state index contributed by atoms with van der Waals surface area (Å²) in [4.78, 5) is 29.2. The first-order chi connectivity index (χ1) is 13.4. The van der Waals surface area contributed by atoms with E-state index in [1.165, 1.54) is 26.3 Å². The van der Waals surface area contributed by atoms with Crippen LogP contribution in [0.1, 0.15) is 11.1 Å². The Bertz CT molecular complexity index is 766. The van der Waals surface area contributed by atoms with Crippen LogP contribution in [-0.2, 0) is 27.4 Å². The molecule has 0 saturated carbocycles. The molecule has 150 valence electrons. The first kappa shape index (κ1) is 21.2. The van der Waals surface area contributed by atoms with E-state index in [4.69, 9.17) is 9.57 Å². The summed E-state index contributed by atoms with van der Waals surface area (Å²) >= 11 is 0. The molecule has 2 aromatic carbocycles. The number of hydroxylamine groups is 2. The average molecular weight is 388 g/mol. The van der Waals surface area contributed by atoms with Gasteiger partial charge in [-0.15, -0.1) is 0 Å². The quantitative estimate of drug-likeness (QED) is 0.593. The third-order valence-corrected chi connectivity index (χ3v) is 4.13. The fraction of sp³-hybridized carbons (Fsp3) is 0.300. The van der Waals surface area contributed by atoms with Gasteiger partial charge in [-0.3, -0.25) is 9.63 Å². The number of nitrogens with one attached hydrogen (secondary N) is 1. The maximum absolute atomic E-state index is 12.2. The topological polar surface area (TPSA) is 108 Å². The van der Waals surface area contributed by atoms with E-state index in [-0.39, 0.29) is 18.8 Å². The standard InChI is InChI=1S/C20H24N2O6/c1-22(27-2)19(25)18(24)17(12-14-8-10-16(23)11-9-14)21-20(26)28-13-15-6-4-3-5-7-15/h3-11,17-18,23-24H,12-13H2,1-2H3,(H,21,26)/t17-,18+/m1/s1. The number of aromatic hydroxyl groups is 1. The fourth-order valence-electron chi connectivity index (χ4n) is 2.49. The van der Waals surface area contributed by atoms with Crippen LogP contribution < -0.4 is 5.32 Å². The zero-order chi connectivity index (χ0) is 20.5. The number of nitrogens with zero attached hydrogens (tertiary/aromatic N) is 1. The predicted octanol–water partition coefficient (Wildman–Crippen LogP) is 1.61. The van der Waals surface area contributed by atoms with Gasteiger partial charge in [-0.1, -0.05) is 42.5 Å². The second-order valence-electron chi connectivity index (χ2n) is 6.15. The normalized spacial score (nSPS) is 12.7. The maximum atomic E-state index is 12.2. The number of carbonyl (C=O) groups excluding carboxylic acids is 2. The van der Waals surface area contributed by atoms with Gasteiger partial charge in [-0.2, -0.15) is 0 Å². The van der Waals surface area contributed by atoms with Gasteiger partial charge in [0, 0.05) is 7.05 Å². The molecule has 8 heteroatoms. The Kier molecular flexibility index (Phi) is 7.79. The number of aliphatic hydroxyl groups is 1. The van der Waals surface area contributed by atoms with Crippen LogP contribution in [0.4, 0.5) is 4.79 Å². The van der Waals surface area contributed by atoms with E-state index in [0.29, 0.717) is 5.56 Å². The Labute approximate surface area is 163 Å². The molecule has 0 fully saturated rings. The smallest absolute Gasteiger partial charge is 0.407 e. The minimum atomic E-state index is -1.55. The van der Waals surface area contributed by atoms with Crippen LogP contribution in [0, 0.1) is 0 Å². The summed E-state index contributed by atoms with van der Waals surface area (Å²) in [5.74, 6) is -0.624. The molecule has 28 heavy (non-hydrogen) atoms. The highest BCUT2D eigenvalue weighted by molar-refractivity contribution is 5.81. The summed E-state index contributed by atoms with van der Waals surface area (Å²) in [5, 5.41) is 23.3. The molecule has 2 aromatic rings. The van der Waals surface area contributed by atoms with Gasteiger partial charge in [0.15, 0.2) is 6.10 Å². The molecule has 0 unspecified atom stereocenters. The lowest BCUT2D eigenvalue weighted by atomic mass is 10.0. The SMILES string of the molecule is CON(C)C(=O)[C@@H](O)[C@@H](Cc1ccc(O)cc1)NC(=O)OCc1ccccc1. The highest BCUT2D eigenvalue weighted by Crippen LogP contribution is 2.14. The number of rotatable bonds is 8. The number of phenols is 1. The molecule has 2 atom stereocenters. The minimum absolute atomic E-state index is 0.0562. The molecule has 0 aliphatic rings. The average Bonchev–Trinajstić information content (AvgIpc) is 2.72. The zero-order valence-corrected chi connectivity index (χ0v) is 15.7. The Morgan fingerprint density at radius 2 is 1.71 bits per heavy atom. The monoisotopic (exact) mass is 388 g/mol. The Hall–Kier alpha value is -3.10. The van der Waals surface area contributed by atoms with Gasteiger partial charge in [0.1, 0.15) is 12.4 Å². The molecule has 0 bridgehead atoms. The van der Waals surface area contributed by atoms with Crippen molar-refractivity contribution >= 4 is 12.0 Å².